The number of hydrogen-bond acceptors (Lipinski definition) is 5. The van der Waals surface area contributed by atoms with Gasteiger partial charge in [0.25, 0.3) is 0 Å². The normalized spacial score (nSPS) is 17.0. The molecule has 1 aliphatic heterocycles. The molecule has 1 aromatic carbocycles. The van der Waals surface area contributed by atoms with Gasteiger partial charge in [0.15, 0.2) is 0 Å². The number of H-pyrrole nitrogens is 2. The molecule has 0 amide bonds. The lowest BCUT2D eigenvalue weighted by Gasteiger charge is -2.24. The van der Waals surface area contributed by atoms with Crippen LogP contribution in [0.3, 0.4) is 0 Å². The topological polar surface area (TPSA) is 84.2 Å². The van der Waals surface area contributed by atoms with Crippen LogP contribution in [-0.2, 0) is 0 Å². The summed E-state index contributed by atoms with van der Waals surface area (Å²) in [6, 6.07) is 4.41. The SMILES string of the molecule is O=c1[nH]cc([C@@H]2COc3cc(OC(F)F)ccc3S2)[nH]c1=O. The minimum absolute atomic E-state index is 0.0187. The second-order valence-corrected chi connectivity index (χ2v) is 5.68. The summed E-state index contributed by atoms with van der Waals surface area (Å²) in [6.45, 7) is -2.68. The first-order valence-corrected chi connectivity index (χ1v) is 7.11. The van der Waals surface area contributed by atoms with E-state index >= 15 is 0 Å². The fourth-order valence-electron chi connectivity index (χ4n) is 1.99. The van der Waals surface area contributed by atoms with Gasteiger partial charge in [-0.2, -0.15) is 8.78 Å². The van der Waals surface area contributed by atoms with E-state index in [0.717, 1.165) is 4.90 Å². The summed E-state index contributed by atoms with van der Waals surface area (Å²) in [6.07, 6.45) is 1.42. The summed E-state index contributed by atoms with van der Waals surface area (Å²) in [5, 5.41) is -0.223. The number of alkyl halides is 2. The van der Waals surface area contributed by atoms with E-state index in [4.69, 9.17) is 4.74 Å². The van der Waals surface area contributed by atoms with Crippen molar-refractivity contribution in [2.45, 2.75) is 16.8 Å². The molecule has 116 valence electrons. The van der Waals surface area contributed by atoms with Gasteiger partial charge in [-0.1, -0.05) is 0 Å². The van der Waals surface area contributed by atoms with Crippen LogP contribution in [0.4, 0.5) is 8.78 Å². The fraction of sp³-hybridized carbons (Fsp3) is 0.231. The van der Waals surface area contributed by atoms with Crippen LogP contribution in [-0.4, -0.2) is 23.2 Å². The summed E-state index contributed by atoms with van der Waals surface area (Å²) < 4.78 is 34.2. The van der Waals surface area contributed by atoms with Gasteiger partial charge >= 0.3 is 17.7 Å². The molecule has 0 aliphatic carbocycles. The summed E-state index contributed by atoms with van der Waals surface area (Å²) in [7, 11) is 0. The Bertz CT molecular complexity index is 805. The summed E-state index contributed by atoms with van der Waals surface area (Å²) in [5.41, 5.74) is -0.933. The maximum atomic E-state index is 12.2. The van der Waals surface area contributed by atoms with E-state index in [1.807, 2.05) is 0 Å². The number of fused-ring (bicyclic) bond motifs is 1. The molecule has 2 aromatic rings. The van der Waals surface area contributed by atoms with E-state index in [1.54, 1.807) is 6.07 Å². The molecule has 1 aliphatic rings. The molecule has 0 saturated heterocycles. The van der Waals surface area contributed by atoms with Crippen LogP contribution in [0, 0.1) is 0 Å². The first-order chi connectivity index (χ1) is 10.5. The largest absolute Gasteiger partial charge is 0.491 e. The minimum Gasteiger partial charge on any atom is -0.491 e. The molecule has 6 nitrogen and oxygen atoms in total. The summed E-state index contributed by atoms with van der Waals surface area (Å²) in [5.74, 6) is 0.455. The molecule has 2 heterocycles. The number of benzene rings is 1. The molecule has 22 heavy (non-hydrogen) atoms. The molecule has 1 atom stereocenters. The monoisotopic (exact) mass is 328 g/mol. The van der Waals surface area contributed by atoms with Crippen LogP contribution in [0.2, 0.25) is 0 Å². The van der Waals surface area contributed by atoms with E-state index in [2.05, 4.69) is 14.7 Å². The van der Waals surface area contributed by atoms with E-state index in [-0.39, 0.29) is 17.6 Å². The number of rotatable bonds is 3. The number of hydrogen-bond donors (Lipinski definition) is 2. The molecule has 0 radical (unpaired) electrons. The Morgan fingerprint density at radius 1 is 1.32 bits per heavy atom. The molecule has 0 spiro atoms. The third-order valence-corrected chi connectivity index (χ3v) is 4.24. The van der Waals surface area contributed by atoms with Crippen LogP contribution in [0.25, 0.3) is 0 Å². The van der Waals surface area contributed by atoms with Crippen molar-refractivity contribution in [3.05, 3.63) is 50.8 Å². The molecule has 0 unspecified atom stereocenters. The average Bonchev–Trinajstić information content (AvgIpc) is 2.49. The van der Waals surface area contributed by atoms with Gasteiger partial charge in [-0.3, -0.25) is 9.59 Å². The smallest absolute Gasteiger partial charge is 0.387 e. The number of ether oxygens (including phenoxy) is 2. The molecule has 1 aromatic heterocycles. The molecule has 3 rings (SSSR count). The van der Waals surface area contributed by atoms with Gasteiger partial charge < -0.3 is 19.4 Å². The average molecular weight is 328 g/mol. The number of nitrogens with one attached hydrogen (secondary N) is 2. The highest BCUT2D eigenvalue weighted by atomic mass is 32.2. The Labute approximate surface area is 126 Å². The highest BCUT2D eigenvalue weighted by Crippen LogP contribution is 2.44. The van der Waals surface area contributed by atoms with Crippen molar-refractivity contribution in [3.8, 4) is 11.5 Å². The molecule has 9 heteroatoms. The zero-order valence-electron chi connectivity index (χ0n) is 11.0. The second kappa shape index (κ2) is 5.84. The van der Waals surface area contributed by atoms with Crippen molar-refractivity contribution < 1.29 is 18.3 Å². The van der Waals surface area contributed by atoms with Crippen molar-refractivity contribution >= 4 is 11.8 Å². The lowest BCUT2D eigenvalue weighted by Crippen LogP contribution is -2.31. The van der Waals surface area contributed by atoms with Crippen molar-refractivity contribution in [1.29, 1.82) is 0 Å². The molecule has 2 N–H and O–H groups in total. The number of halogens is 2. The third-order valence-electron chi connectivity index (χ3n) is 2.97. The molecular formula is C13H10F2N2O4S. The van der Waals surface area contributed by atoms with Gasteiger partial charge in [0.1, 0.15) is 18.1 Å². The Morgan fingerprint density at radius 3 is 2.86 bits per heavy atom. The standard InChI is InChI=1S/C13H10F2N2O4S/c14-13(15)21-6-1-2-9-8(3-6)20-5-10(22-9)7-4-16-11(18)12(19)17-7/h1-4,10,13H,5H2,(H,16,18)(H,17,19)/t10-/m0/s1. The van der Waals surface area contributed by atoms with Crippen molar-refractivity contribution in [1.82, 2.24) is 9.97 Å². The van der Waals surface area contributed by atoms with Gasteiger partial charge in [-0.25, -0.2) is 0 Å². The first kappa shape index (κ1) is 14.6. The van der Waals surface area contributed by atoms with Crippen LogP contribution in [0.1, 0.15) is 10.9 Å². The molecule has 0 fully saturated rings. The minimum atomic E-state index is -2.90. The highest BCUT2D eigenvalue weighted by molar-refractivity contribution is 7.99. The zero-order valence-corrected chi connectivity index (χ0v) is 11.8. The molecule has 0 bridgehead atoms. The predicted molar refractivity (Wildman–Crippen MR) is 74.9 cm³/mol. The number of aromatic nitrogens is 2. The molecule has 0 saturated carbocycles. The quantitative estimate of drug-likeness (QED) is 0.841. The predicted octanol–water partition coefficient (Wildman–Crippen LogP) is 1.89. The summed E-state index contributed by atoms with van der Waals surface area (Å²) >= 11 is 1.39. The highest BCUT2D eigenvalue weighted by Gasteiger charge is 2.24. The van der Waals surface area contributed by atoms with Crippen LogP contribution in [0.15, 0.2) is 38.9 Å². The maximum absolute atomic E-state index is 12.2. The lowest BCUT2D eigenvalue weighted by atomic mass is 10.3. The Hall–Kier alpha value is -2.29. The van der Waals surface area contributed by atoms with Crippen molar-refractivity contribution in [2.75, 3.05) is 6.61 Å². The number of thioether (sulfide) groups is 1. The Kier molecular flexibility index (Phi) is 3.88. The zero-order chi connectivity index (χ0) is 15.7. The van der Waals surface area contributed by atoms with E-state index in [0.29, 0.717) is 11.4 Å². The third kappa shape index (κ3) is 2.98. The van der Waals surface area contributed by atoms with Crippen LogP contribution in [0.5, 0.6) is 11.5 Å². The van der Waals surface area contributed by atoms with Gasteiger partial charge in [0, 0.05) is 12.3 Å². The van der Waals surface area contributed by atoms with Crippen molar-refractivity contribution in [2.24, 2.45) is 0 Å². The summed E-state index contributed by atoms with van der Waals surface area (Å²) in [4.78, 5) is 28.0. The maximum Gasteiger partial charge on any atom is 0.387 e. The van der Waals surface area contributed by atoms with Gasteiger partial charge in [-0.05, 0) is 12.1 Å². The van der Waals surface area contributed by atoms with E-state index in [1.165, 1.54) is 30.1 Å². The van der Waals surface area contributed by atoms with Crippen LogP contribution >= 0.6 is 11.8 Å². The molecular weight excluding hydrogens is 318 g/mol. The number of aromatic amines is 2. The van der Waals surface area contributed by atoms with Gasteiger partial charge in [0.2, 0.25) is 0 Å². The van der Waals surface area contributed by atoms with E-state index in [9.17, 15) is 18.4 Å². The van der Waals surface area contributed by atoms with Crippen molar-refractivity contribution in [3.63, 3.8) is 0 Å². The van der Waals surface area contributed by atoms with Gasteiger partial charge in [-0.15, -0.1) is 11.8 Å². The fourth-order valence-corrected chi connectivity index (χ4v) is 3.06. The second-order valence-electron chi connectivity index (χ2n) is 4.43. The van der Waals surface area contributed by atoms with Gasteiger partial charge in [0.05, 0.1) is 15.8 Å². The van der Waals surface area contributed by atoms with Crippen LogP contribution < -0.4 is 20.6 Å². The van der Waals surface area contributed by atoms with E-state index < -0.39 is 17.7 Å². The Morgan fingerprint density at radius 2 is 2.14 bits per heavy atom. The lowest BCUT2D eigenvalue weighted by molar-refractivity contribution is -0.0499. The Balaban J connectivity index is 1.83. The first-order valence-electron chi connectivity index (χ1n) is 6.23.